The van der Waals surface area contributed by atoms with E-state index in [-0.39, 0.29) is 22.4 Å². The topological polar surface area (TPSA) is 93.7 Å². The minimum Gasteiger partial charge on any atom is -0.450 e. The van der Waals surface area contributed by atoms with Crippen molar-refractivity contribution in [3.05, 3.63) is 116 Å². The monoisotopic (exact) mass is 412 g/mol. The zero-order chi connectivity index (χ0) is 21.7. The number of carbonyl (C=O) groups is 1. The number of non-ortho nitro benzene ring substituents is 1. The lowest BCUT2D eigenvalue weighted by Crippen LogP contribution is -2.29. The summed E-state index contributed by atoms with van der Waals surface area (Å²) in [6, 6.07) is 19.3. The smallest absolute Gasteiger partial charge is 0.295 e. The van der Waals surface area contributed by atoms with Crippen LogP contribution in [0.3, 0.4) is 0 Å². The first-order chi connectivity index (χ1) is 15.0. The number of para-hydroxylation sites is 1. The Morgan fingerprint density at radius 3 is 2.42 bits per heavy atom. The van der Waals surface area contributed by atoms with Gasteiger partial charge < -0.3 is 4.42 Å². The van der Waals surface area contributed by atoms with Crippen LogP contribution in [0.5, 0.6) is 0 Å². The van der Waals surface area contributed by atoms with Gasteiger partial charge in [0.2, 0.25) is 5.76 Å². The van der Waals surface area contributed by atoms with Gasteiger partial charge in [0.25, 0.3) is 11.6 Å². The molecule has 4 aromatic rings. The van der Waals surface area contributed by atoms with Crippen molar-refractivity contribution >= 4 is 28.3 Å². The lowest BCUT2D eigenvalue weighted by Gasteiger charge is -2.25. The summed E-state index contributed by atoms with van der Waals surface area (Å²) in [6.45, 7) is 1.91. The van der Waals surface area contributed by atoms with E-state index in [1.54, 1.807) is 42.5 Å². The fourth-order valence-electron chi connectivity index (χ4n) is 4.06. The van der Waals surface area contributed by atoms with Gasteiger partial charge in [-0.05, 0) is 54.4 Å². The Balaban J connectivity index is 1.79. The van der Waals surface area contributed by atoms with Crippen molar-refractivity contribution in [2.45, 2.75) is 13.0 Å². The van der Waals surface area contributed by atoms with Crippen molar-refractivity contribution in [3.8, 4) is 0 Å². The summed E-state index contributed by atoms with van der Waals surface area (Å²) in [7, 11) is 0. The summed E-state index contributed by atoms with van der Waals surface area (Å²) in [5.41, 5.74) is 2.37. The van der Waals surface area contributed by atoms with Gasteiger partial charge in [-0.15, -0.1) is 0 Å². The van der Waals surface area contributed by atoms with Crippen LogP contribution in [-0.4, -0.2) is 10.8 Å². The maximum absolute atomic E-state index is 13.4. The Labute approximate surface area is 176 Å². The van der Waals surface area contributed by atoms with Crippen LogP contribution in [-0.2, 0) is 0 Å². The van der Waals surface area contributed by atoms with Crippen molar-refractivity contribution < 1.29 is 14.1 Å². The molecule has 5 rings (SSSR count). The van der Waals surface area contributed by atoms with E-state index in [2.05, 4.69) is 0 Å². The zero-order valence-electron chi connectivity index (χ0n) is 16.4. The number of fused-ring (bicyclic) bond motifs is 2. The van der Waals surface area contributed by atoms with Gasteiger partial charge in [0.05, 0.1) is 21.9 Å². The van der Waals surface area contributed by atoms with E-state index in [1.807, 2.05) is 25.1 Å². The average molecular weight is 412 g/mol. The lowest BCUT2D eigenvalue weighted by atomic mass is 9.98. The Bertz CT molecular complexity index is 1420. The van der Waals surface area contributed by atoms with Gasteiger partial charge in [-0.2, -0.15) is 0 Å². The highest BCUT2D eigenvalue weighted by atomic mass is 16.6. The summed E-state index contributed by atoms with van der Waals surface area (Å²) in [6.07, 6.45) is 0. The first-order valence-corrected chi connectivity index (χ1v) is 9.66. The predicted octanol–water partition coefficient (Wildman–Crippen LogP) is 4.76. The molecular formula is C24H16N2O5. The molecule has 1 amide bonds. The molecule has 0 spiro atoms. The molecule has 0 bridgehead atoms. The van der Waals surface area contributed by atoms with Crippen LogP contribution in [0, 0.1) is 17.0 Å². The molecule has 7 nitrogen and oxygen atoms in total. The molecule has 2 heterocycles. The Morgan fingerprint density at radius 1 is 0.968 bits per heavy atom. The third-order valence-electron chi connectivity index (χ3n) is 5.48. The summed E-state index contributed by atoms with van der Waals surface area (Å²) < 4.78 is 5.89. The van der Waals surface area contributed by atoms with Crippen LogP contribution in [0.25, 0.3) is 11.0 Å². The van der Waals surface area contributed by atoms with Gasteiger partial charge in [0, 0.05) is 17.8 Å². The fraction of sp³-hybridized carbons (Fsp3) is 0.0833. The molecule has 0 radical (unpaired) electrons. The number of aryl methyl sites for hydroxylation is 1. The van der Waals surface area contributed by atoms with Crippen molar-refractivity contribution in [1.82, 2.24) is 0 Å². The molecule has 0 fully saturated rings. The van der Waals surface area contributed by atoms with Crippen LogP contribution in [0.15, 0.2) is 82.0 Å². The van der Waals surface area contributed by atoms with E-state index in [1.165, 1.54) is 17.0 Å². The summed E-state index contributed by atoms with van der Waals surface area (Å²) in [5.74, 6) is -0.430. The molecule has 1 aliphatic rings. The molecule has 1 unspecified atom stereocenters. The molecule has 0 saturated carbocycles. The van der Waals surface area contributed by atoms with E-state index < -0.39 is 16.9 Å². The third kappa shape index (κ3) is 2.90. The van der Waals surface area contributed by atoms with Gasteiger partial charge in [-0.3, -0.25) is 24.6 Å². The third-order valence-corrected chi connectivity index (χ3v) is 5.48. The molecule has 0 aliphatic carbocycles. The molecule has 0 saturated heterocycles. The van der Waals surface area contributed by atoms with Crippen molar-refractivity contribution in [2.24, 2.45) is 0 Å². The second-order valence-corrected chi connectivity index (χ2v) is 7.44. The van der Waals surface area contributed by atoms with E-state index in [9.17, 15) is 19.7 Å². The molecular weight excluding hydrogens is 396 g/mol. The van der Waals surface area contributed by atoms with Gasteiger partial charge in [-0.25, -0.2) is 0 Å². The van der Waals surface area contributed by atoms with Crippen LogP contribution in [0.1, 0.15) is 33.3 Å². The van der Waals surface area contributed by atoms with E-state index >= 15 is 0 Å². The number of benzene rings is 3. The quantitative estimate of drug-likeness (QED) is 0.357. The number of rotatable bonds is 3. The summed E-state index contributed by atoms with van der Waals surface area (Å²) in [5, 5.41) is 11.5. The number of nitrogens with zero attached hydrogens (tertiary/aromatic N) is 2. The number of nitro benzene ring substituents is 1. The summed E-state index contributed by atoms with van der Waals surface area (Å²) >= 11 is 0. The molecule has 31 heavy (non-hydrogen) atoms. The van der Waals surface area contributed by atoms with E-state index in [0.29, 0.717) is 22.2 Å². The predicted molar refractivity (Wildman–Crippen MR) is 115 cm³/mol. The summed E-state index contributed by atoms with van der Waals surface area (Å²) in [4.78, 5) is 39.0. The largest absolute Gasteiger partial charge is 0.450 e. The Morgan fingerprint density at radius 2 is 1.71 bits per heavy atom. The molecule has 7 heteroatoms. The van der Waals surface area contributed by atoms with E-state index in [4.69, 9.17) is 4.42 Å². The van der Waals surface area contributed by atoms with E-state index in [0.717, 1.165) is 5.56 Å². The Kier molecular flexibility index (Phi) is 4.18. The first kappa shape index (κ1) is 18.7. The van der Waals surface area contributed by atoms with Crippen LogP contribution >= 0.6 is 0 Å². The zero-order valence-corrected chi connectivity index (χ0v) is 16.4. The SMILES string of the molecule is Cc1cccc(N2C(=O)c3oc4ccccc4c(=O)c3C2c2ccc([N+](=O)[O-])cc2)c1. The second kappa shape index (κ2) is 6.91. The molecule has 3 aromatic carbocycles. The van der Waals surface area contributed by atoms with Gasteiger partial charge >= 0.3 is 0 Å². The number of hydrogen-bond acceptors (Lipinski definition) is 5. The fourth-order valence-corrected chi connectivity index (χ4v) is 4.06. The minimum absolute atomic E-state index is 0.00596. The Hall–Kier alpha value is -4.26. The van der Waals surface area contributed by atoms with Crippen molar-refractivity contribution in [2.75, 3.05) is 4.90 Å². The molecule has 1 aromatic heterocycles. The van der Waals surface area contributed by atoms with Gasteiger partial charge in [0.1, 0.15) is 5.58 Å². The maximum atomic E-state index is 13.4. The molecule has 1 aliphatic heterocycles. The first-order valence-electron chi connectivity index (χ1n) is 9.66. The minimum atomic E-state index is -0.758. The number of anilines is 1. The molecule has 1 atom stereocenters. The van der Waals surface area contributed by atoms with Crippen LogP contribution in [0.4, 0.5) is 11.4 Å². The van der Waals surface area contributed by atoms with Crippen LogP contribution in [0.2, 0.25) is 0 Å². The van der Waals surface area contributed by atoms with Crippen LogP contribution < -0.4 is 10.3 Å². The van der Waals surface area contributed by atoms with Gasteiger partial charge in [0.15, 0.2) is 5.43 Å². The maximum Gasteiger partial charge on any atom is 0.295 e. The molecule has 152 valence electrons. The number of nitro groups is 1. The van der Waals surface area contributed by atoms with Crippen molar-refractivity contribution in [3.63, 3.8) is 0 Å². The highest BCUT2D eigenvalue weighted by molar-refractivity contribution is 6.10. The highest BCUT2D eigenvalue weighted by Crippen LogP contribution is 2.41. The standard InChI is InChI=1S/C24H16N2O5/c1-14-5-4-6-17(13-14)25-21(15-9-11-16(12-10-15)26(29)30)20-22(27)18-7-2-3-8-19(18)31-23(20)24(25)28/h2-13,21H,1H3. The lowest BCUT2D eigenvalue weighted by molar-refractivity contribution is -0.384. The number of hydrogen-bond donors (Lipinski definition) is 0. The van der Waals surface area contributed by atoms with Crippen molar-refractivity contribution in [1.29, 1.82) is 0 Å². The average Bonchev–Trinajstić information content (AvgIpc) is 3.06. The second-order valence-electron chi connectivity index (χ2n) is 7.44. The normalized spacial score (nSPS) is 15.3. The molecule has 0 N–H and O–H groups in total. The number of amides is 1. The number of carbonyl (C=O) groups excluding carboxylic acids is 1. The highest BCUT2D eigenvalue weighted by Gasteiger charge is 2.43. The van der Waals surface area contributed by atoms with Gasteiger partial charge in [-0.1, -0.05) is 24.3 Å².